The molecule has 3 heterocycles. The molecule has 1 saturated heterocycles. The molecule has 1 aromatic carbocycles. The van der Waals surface area contributed by atoms with Gasteiger partial charge in [-0.25, -0.2) is 0 Å². The summed E-state index contributed by atoms with van der Waals surface area (Å²) in [7, 11) is 1.49. The van der Waals surface area contributed by atoms with Gasteiger partial charge in [-0.2, -0.15) is 0 Å². The molecule has 0 aliphatic carbocycles. The Hall–Kier alpha value is -2.33. The zero-order chi connectivity index (χ0) is 21.1. The molecule has 9 heteroatoms. The Labute approximate surface area is 192 Å². The van der Waals surface area contributed by atoms with E-state index in [2.05, 4.69) is 47.9 Å². The van der Waals surface area contributed by atoms with Gasteiger partial charge in [0.25, 0.3) is 0 Å². The van der Waals surface area contributed by atoms with E-state index in [4.69, 9.17) is 17.0 Å². The van der Waals surface area contributed by atoms with Gasteiger partial charge < -0.3 is 20.3 Å². The zero-order valence-corrected chi connectivity index (χ0v) is 19.3. The first-order valence-corrected chi connectivity index (χ1v) is 11.3. The fourth-order valence-corrected chi connectivity index (χ4v) is 5.36. The summed E-state index contributed by atoms with van der Waals surface area (Å²) in [6.07, 6.45) is 1.79. The molecule has 6 nitrogen and oxygen atoms in total. The van der Waals surface area contributed by atoms with Crippen LogP contribution in [0.4, 0.5) is 11.4 Å². The van der Waals surface area contributed by atoms with Gasteiger partial charge in [0.2, 0.25) is 5.91 Å². The predicted octanol–water partition coefficient (Wildman–Crippen LogP) is 4.67. The van der Waals surface area contributed by atoms with E-state index in [1.165, 1.54) is 12.0 Å². The van der Waals surface area contributed by atoms with Crippen molar-refractivity contribution in [3.63, 3.8) is 0 Å². The molecule has 0 unspecified atom stereocenters. The minimum absolute atomic E-state index is 0.0168. The van der Waals surface area contributed by atoms with Gasteiger partial charge in [0, 0.05) is 39.4 Å². The largest absolute Gasteiger partial charge is 0.375 e. The summed E-state index contributed by atoms with van der Waals surface area (Å²) in [5, 5.41) is 8.95. The molecular formula is C21H19BrN4O2S2. The molecule has 0 saturated carbocycles. The third-order valence-corrected chi connectivity index (χ3v) is 6.76. The Morgan fingerprint density at radius 3 is 2.77 bits per heavy atom. The van der Waals surface area contributed by atoms with Crippen LogP contribution in [-0.2, 0) is 9.53 Å². The van der Waals surface area contributed by atoms with Crippen molar-refractivity contribution in [2.24, 2.45) is 0 Å². The van der Waals surface area contributed by atoms with Gasteiger partial charge in [0.15, 0.2) is 5.11 Å². The number of thiophene rings is 1. The Bertz CT molecular complexity index is 1040. The number of nitrogens with one attached hydrogen (secondary N) is 2. The monoisotopic (exact) mass is 502 g/mol. The van der Waals surface area contributed by atoms with Gasteiger partial charge in [0.1, 0.15) is 6.61 Å². The van der Waals surface area contributed by atoms with Crippen molar-refractivity contribution in [1.82, 2.24) is 10.3 Å². The van der Waals surface area contributed by atoms with Gasteiger partial charge in [-0.15, -0.1) is 11.3 Å². The van der Waals surface area contributed by atoms with Gasteiger partial charge >= 0.3 is 0 Å². The Kier molecular flexibility index (Phi) is 6.43. The molecule has 1 amide bonds. The van der Waals surface area contributed by atoms with Crippen molar-refractivity contribution in [3.8, 4) is 0 Å². The molecule has 0 spiro atoms. The molecule has 1 fully saturated rings. The van der Waals surface area contributed by atoms with Crippen LogP contribution in [0.15, 0.2) is 64.6 Å². The molecule has 2 atom stereocenters. The average molecular weight is 503 g/mol. The number of halogens is 1. The van der Waals surface area contributed by atoms with E-state index in [0.29, 0.717) is 10.8 Å². The lowest BCUT2D eigenvalue weighted by Crippen LogP contribution is -2.29. The highest BCUT2D eigenvalue weighted by Crippen LogP contribution is 2.44. The third-order valence-electron chi connectivity index (χ3n) is 4.68. The lowest BCUT2D eigenvalue weighted by atomic mass is 10.0. The van der Waals surface area contributed by atoms with Crippen LogP contribution in [0, 0.1) is 0 Å². The lowest BCUT2D eigenvalue weighted by Gasteiger charge is -2.27. The highest BCUT2D eigenvalue weighted by atomic mass is 79.9. The number of pyridine rings is 1. The van der Waals surface area contributed by atoms with Crippen LogP contribution >= 0.6 is 39.5 Å². The number of rotatable bonds is 6. The SMILES string of the molecule is COCC(=O)Nc1ccc(N2C(=S)N[C@H](c3ccccn3)[C@H]2c2cc(Br)cs2)cc1. The highest BCUT2D eigenvalue weighted by molar-refractivity contribution is 9.10. The molecule has 2 aromatic heterocycles. The van der Waals surface area contributed by atoms with Crippen LogP contribution in [0.2, 0.25) is 0 Å². The first-order valence-electron chi connectivity index (χ1n) is 9.20. The zero-order valence-electron chi connectivity index (χ0n) is 16.0. The Morgan fingerprint density at radius 2 is 2.13 bits per heavy atom. The predicted molar refractivity (Wildman–Crippen MR) is 127 cm³/mol. The van der Waals surface area contributed by atoms with Crippen LogP contribution in [0.1, 0.15) is 22.7 Å². The van der Waals surface area contributed by atoms with Crippen LogP contribution < -0.4 is 15.5 Å². The number of methoxy groups -OCH3 is 1. The van der Waals surface area contributed by atoms with Crippen molar-refractivity contribution in [1.29, 1.82) is 0 Å². The number of hydrogen-bond donors (Lipinski definition) is 2. The maximum absolute atomic E-state index is 11.8. The molecule has 154 valence electrons. The van der Waals surface area contributed by atoms with E-state index in [0.717, 1.165) is 15.9 Å². The number of carbonyl (C=O) groups excluding carboxylic acids is 1. The second-order valence-electron chi connectivity index (χ2n) is 6.69. The van der Waals surface area contributed by atoms with Gasteiger partial charge in [-0.3, -0.25) is 9.78 Å². The molecule has 1 aliphatic rings. The second kappa shape index (κ2) is 9.22. The van der Waals surface area contributed by atoms with E-state index in [-0.39, 0.29) is 24.6 Å². The number of carbonyl (C=O) groups is 1. The van der Waals surface area contributed by atoms with E-state index >= 15 is 0 Å². The number of hydrogen-bond acceptors (Lipinski definition) is 5. The molecule has 4 rings (SSSR count). The quantitative estimate of drug-likeness (QED) is 0.477. The van der Waals surface area contributed by atoms with Crippen LogP contribution in [-0.4, -0.2) is 29.7 Å². The normalized spacial score (nSPS) is 18.3. The summed E-state index contributed by atoms with van der Waals surface area (Å²) in [5.74, 6) is -0.194. The van der Waals surface area contributed by atoms with Crippen LogP contribution in [0.3, 0.4) is 0 Å². The number of nitrogens with zero attached hydrogens (tertiary/aromatic N) is 2. The number of benzene rings is 1. The van der Waals surface area contributed by atoms with Crippen molar-refractivity contribution >= 4 is 61.9 Å². The maximum atomic E-state index is 11.8. The first-order chi connectivity index (χ1) is 14.6. The highest BCUT2D eigenvalue weighted by Gasteiger charge is 2.41. The smallest absolute Gasteiger partial charge is 0.250 e. The van der Waals surface area contributed by atoms with Crippen molar-refractivity contribution in [3.05, 3.63) is 75.2 Å². The molecule has 3 aromatic rings. The minimum Gasteiger partial charge on any atom is -0.375 e. The molecule has 0 bridgehead atoms. The van der Waals surface area contributed by atoms with Crippen molar-refractivity contribution in [2.75, 3.05) is 23.9 Å². The molecule has 2 N–H and O–H groups in total. The lowest BCUT2D eigenvalue weighted by molar-refractivity contribution is -0.119. The first kappa shape index (κ1) is 20.9. The van der Waals surface area contributed by atoms with E-state index in [1.807, 2.05) is 42.5 Å². The summed E-state index contributed by atoms with van der Waals surface area (Å²) >= 11 is 11.0. The van der Waals surface area contributed by atoms with Crippen LogP contribution in [0.5, 0.6) is 0 Å². The minimum atomic E-state index is -0.194. The number of aromatic nitrogens is 1. The number of ether oxygens (including phenoxy) is 1. The third kappa shape index (κ3) is 4.39. The average Bonchev–Trinajstić information content (AvgIpc) is 3.32. The van der Waals surface area contributed by atoms with Gasteiger partial charge in [-0.1, -0.05) is 6.07 Å². The molecule has 0 radical (unpaired) electrons. The number of amides is 1. The Balaban J connectivity index is 1.67. The fraction of sp³-hybridized carbons (Fsp3) is 0.190. The molecule has 1 aliphatic heterocycles. The van der Waals surface area contributed by atoms with E-state index in [1.54, 1.807) is 17.5 Å². The summed E-state index contributed by atoms with van der Waals surface area (Å²) in [6.45, 7) is 0.0168. The topological polar surface area (TPSA) is 66.5 Å². The summed E-state index contributed by atoms with van der Waals surface area (Å²) in [6, 6.07) is 15.5. The summed E-state index contributed by atoms with van der Waals surface area (Å²) in [5.41, 5.74) is 2.57. The maximum Gasteiger partial charge on any atom is 0.250 e. The fourth-order valence-electron chi connectivity index (χ4n) is 3.44. The van der Waals surface area contributed by atoms with Crippen LogP contribution in [0.25, 0.3) is 0 Å². The Morgan fingerprint density at radius 1 is 1.33 bits per heavy atom. The second-order valence-corrected chi connectivity index (χ2v) is 8.94. The number of thiocarbonyl (C=S) groups is 1. The van der Waals surface area contributed by atoms with Gasteiger partial charge in [0.05, 0.1) is 17.8 Å². The van der Waals surface area contributed by atoms with Crippen molar-refractivity contribution < 1.29 is 9.53 Å². The van der Waals surface area contributed by atoms with E-state index in [9.17, 15) is 4.79 Å². The van der Waals surface area contributed by atoms with Gasteiger partial charge in [-0.05, 0) is 70.6 Å². The van der Waals surface area contributed by atoms with E-state index < -0.39 is 0 Å². The summed E-state index contributed by atoms with van der Waals surface area (Å²) < 4.78 is 5.90. The van der Waals surface area contributed by atoms with Crippen molar-refractivity contribution in [2.45, 2.75) is 12.1 Å². The standard InChI is InChI=1S/C21H19BrN4O2S2/c1-28-11-18(27)24-14-5-7-15(8-6-14)26-20(17-10-13(22)12-30-17)19(25-21(26)29)16-4-2-3-9-23-16/h2-10,12,19-20H,11H2,1H3,(H,24,27)(H,25,29)/t19-,20-/m1/s1. The number of anilines is 2. The molecule has 30 heavy (non-hydrogen) atoms. The summed E-state index contributed by atoms with van der Waals surface area (Å²) in [4.78, 5) is 19.6. The molecular weight excluding hydrogens is 484 g/mol.